The zero-order chi connectivity index (χ0) is 11.7. The number of rotatable bonds is 0. The average Bonchev–Trinajstić information content (AvgIpc) is 2.51. The maximum absolute atomic E-state index is 11.4. The third-order valence-corrected chi connectivity index (χ3v) is 2.31. The first-order valence-corrected chi connectivity index (χ1v) is 4.91. The molecule has 0 aliphatic carbocycles. The molecule has 0 aromatic heterocycles. The van der Waals surface area contributed by atoms with Crippen LogP contribution in [0.1, 0.15) is 39.6 Å². The SMILES string of the molecule is CCC#Cc1cc2c(cc1N)C(=O)NC2=O. The van der Waals surface area contributed by atoms with Crippen molar-refractivity contribution in [1.82, 2.24) is 5.32 Å². The summed E-state index contributed by atoms with van der Waals surface area (Å²) in [5.74, 6) is 4.95. The molecule has 1 aliphatic rings. The lowest BCUT2D eigenvalue weighted by molar-refractivity contribution is 0.0879. The van der Waals surface area contributed by atoms with E-state index in [1.807, 2.05) is 6.92 Å². The van der Waals surface area contributed by atoms with Gasteiger partial charge in [0.05, 0.1) is 11.1 Å². The summed E-state index contributed by atoms with van der Waals surface area (Å²) in [5.41, 5.74) is 7.43. The van der Waals surface area contributed by atoms with Gasteiger partial charge in [-0.2, -0.15) is 0 Å². The van der Waals surface area contributed by atoms with Gasteiger partial charge < -0.3 is 5.73 Å². The van der Waals surface area contributed by atoms with Crippen molar-refractivity contribution in [2.24, 2.45) is 0 Å². The highest BCUT2D eigenvalue weighted by Gasteiger charge is 2.27. The first-order valence-electron chi connectivity index (χ1n) is 4.91. The zero-order valence-electron chi connectivity index (χ0n) is 8.76. The largest absolute Gasteiger partial charge is 0.398 e. The van der Waals surface area contributed by atoms with Crippen molar-refractivity contribution < 1.29 is 9.59 Å². The fourth-order valence-corrected chi connectivity index (χ4v) is 1.52. The third kappa shape index (κ3) is 1.52. The molecule has 16 heavy (non-hydrogen) atoms. The van der Waals surface area contributed by atoms with Gasteiger partial charge in [0.1, 0.15) is 0 Å². The number of amides is 2. The molecule has 1 aromatic carbocycles. The maximum Gasteiger partial charge on any atom is 0.259 e. The molecular weight excluding hydrogens is 204 g/mol. The Kier molecular flexibility index (Phi) is 2.37. The number of imide groups is 1. The molecule has 4 heteroatoms. The summed E-state index contributed by atoms with van der Waals surface area (Å²) in [5, 5.41) is 2.21. The minimum Gasteiger partial charge on any atom is -0.398 e. The Morgan fingerprint density at radius 2 is 1.88 bits per heavy atom. The number of nitrogens with one attached hydrogen (secondary N) is 1. The van der Waals surface area contributed by atoms with Crippen molar-refractivity contribution in [3.8, 4) is 11.8 Å². The fourth-order valence-electron chi connectivity index (χ4n) is 1.52. The molecule has 1 heterocycles. The van der Waals surface area contributed by atoms with Gasteiger partial charge in [-0.05, 0) is 12.1 Å². The third-order valence-electron chi connectivity index (χ3n) is 2.31. The van der Waals surface area contributed by atoms with Crippen molar-refractivity contribution in [1.29, 1.82) is 0 Å². The Morgan fingerprint density at radius 1 is 1.25 bits per heavy atom. The topological polar surface area (TPSA) is 72.2 Å². The lowest BCUT2D eigenvalue weighted by Crippen LogP contribution is -2.19. The van der Waals surface area contributed by atoms with Crippen LogP contribution in [0, 0.1) is 11.8 Å². The Labute approximate surface area is 92.8 Å². The van der Waals surface area contributed by atoms with E-state index in [2.05, 4.69) is 17.2 Å². The number of hydrogen-bond acceptors (Lipinski definition) is 3. The quantitative estimate of drug-likeness (QED) is 0.383. The maximum atomic E-state index is 11.4. The highest BCUT2D eigenvalue weighted by molar-refractivity contribution is 6.22. The molecule has 0 spiro atoms. The second kappa shape index (κ2) is 3.70. The lowest BCUT2D eigenvalue weighted by Gasteiger charge is -2.00. The standard InChI is InChI=1S/C12H10N2O2/c1-2-3-4-7-5-8-9(6-10(7)13)12(16)14-11(8)15/h5-6H,2,13H2,1H3,(H,14,15,16). The minimum atomic E-state index is -0.401. The molecule has 1 aromatic rings. The Bertz CT molecular complexity index is 550. The fraction of sp³-hybridized carbons (Fsp3) is 0.167. The highest BCUT2D eigenvalue weighted by Crippen LogP contribution is 2.22. The van der Waals surface area contributed by atoms with E-state index in [9.17, 15) is 9.59 Å². The summed E-state index contributed by atoms with van der Waals surface area (Å²) in [6.07, 6.45) is 0.710. The van der Waals surface area contributed by atoms with Crippen molar-refractivity contribution >= 4 is 17.5 Å². The monoisotopic (exact) mass is 214 g/mol. The van der Waals surface area contributed by atoms with Crippen LogP contribution >= 0.6 is 0 Å². The van der Waals surface area contributed by atoms with Crippen LogP contribution < -0.4 is 11.1 Å². The molecule has 0 atom stereocenters. The van der Waals surface area contributed by atoms with Crippen LogP contribution in [0.5, 0.6) is 0 Å². The molecule has 2 amide bonds. The molecule has 80 valence electrons. The Hall–Kier alpha value is -2.28. The molecule has 0 saturated heterocycles. The van der Waals surface area contributed by atoms with Gasteiger partial charge in [0.2, 0.25) is 0 Å². The molecule has 0 saturated carbocycles. The molecule has 0 fully saturated rings. The smallest absolute Gasteiger partial charge is 0.259 e. The minimum absolute atomic E-state index is 0.324. The molecular formula is C12H10N2O2. The first kappa shape index (κ1) is 10.2. The van der Waals surface area contributed by atoms with Gasteiger partial charge in [0.25, 0.3) is 11.8 Å². The van der Waals surface area contributed by atoms with Gasteiger partial charge in [0, 0.05) is 17.7 Å². The molecule has 4 nitrogen and oxygen atoms in total. The van der Waals surface area contributed by atoms with Gasteiger partial charge >= 0.3 is 0 Å². The zero-order valence-corrected chi connectivity index (χ0v) is 8.76. The predicted octanol–water partition coefficient (Wildman–Crippen LogP) is 0.914. The van der Waals surface area contributed by atoms with Crippen LogP contribution in [-0.4, -0.2) is 11.8 Å². The number of hydrogen-bond donors (Lipinski definition) is 2. The number of fused-ring (bicyclic) bond motifs is 1. The van der Waals surface area contributed by atoms with E-state index in [0.717, 1.165) is 0 Å². The number of carbonyl (C=O) groups is 2. The summed E-state index contributed by atoms with van der Waals surface area (Å²) >= 11 is 0. The summed E-state index contributed by atoms with van der Waals surface area (Å²) in [7, 11) is 0. The number of carbonyl (C=O) groups excluding carboxylic acids is 2. The molecule has 1 aliphatic heterocycles. The first-order chi connectivity index (χ1) is 7.63. The van der Waals surface area contributed by atoms with Crippen molar-refractivity contribution in [3.63, 3.8) is 0 Å². The molecule has 0 unspecified atom stereocenters. The average molecular weight is 214 g/mol. The highest BCUT2D eigenvalue weighted by atomic mass is 16.2. The second-order valence-corrected chi connectivity index (χ2v) is 3.42. The molecule has 0 radical (unpaired) electrons. The van der Waals surface area contributed by atoms with Crippen LogP contribution in [0.4, 0.5) is 5.69 Å². The van der Waals surface area contributed by atoms with E-state index in [1.54, 1.807) is 6.07 Å². The number of nitrogen functional groups attached to an aromatic ring is 1. The predicted molar refractivity (Wildman–Crippen MR) is 59.8 cm³/mol. The Balaban J connectivity index is 2.58. The molecule has 2 rings (SSSR count). The Morgan fingerprint density at radius 3 is 2.50 bits per heavy atom. The van der Waals surface area contributed by atoms with Crippen molar-refractivity contribution in [2.75, 3.05) is 5.73 Å². The van der Waals surface area contributed by atoms with E-state index >= 15 is 0 Å². The van der Waals surface area contributed by atoms with Crippen LogP contribution in [0.15, 0.2) is 12.1 Å². The summed E-state index contributed by atoms with van der Waals surface area (Å²) in [6, 6.07) is 3.06. The van der Waals surface area contributed by atoms with Gasteiger partial charge in [-0.25, -0.2) is 0 Å². The van der Waals surface area contributed by atoms with E-state index in [1.165, 1.54) is 6.07 Å². The van der Waals surface area contributed by atoms with Crippen LogP contribution in [0.25, 0.3) is 0 Å². The van der Waals surface area contributed by atoms with Crippen molar-refractivity contribution in [2.45, 2.75) is 13.3 Å². The van der Waals surface area contributed by atoms with E-state index in [4.69, 9.17) is 5.73 Å². The summed E-state index contributed by atoms with van der Waals surface area (Å²) in [6.45, 7) is 1.92. The van der Waals surface area contributed by atoms with E-state index in [-0.39, 0.29) is 5.91 Å². The van der Waals surface area contributed by atoms with Crippen LogP contribution in [0.2, 0.25) is 0 Å². The van der Waals surface area contributed by atoms with Crippen LogP contribution in [-0.2, 0) is 0 Å². The summed E-state index contributed by atoms with van der Waals surface area (Å²) in [4.78, 5) is 22.7. The van der Waals surface area contributed by atoms with Gasteiger partial charge in [-0.1, -0.05) is 18.8 Å². The van der Waals surface area contributed by atoms with E-state index < -0.39 is 5.91 Å². The van der Waals surface area contributed by atoms with E-state index in [0.29, 0.717) is 28.8 Å². The van der Waals surface area contributed by atoms with Crippen molar-refractivity contribution in [3.05, 3.63) is 28.8 Å². The number of anilines is 1. The summed E-state index contributed by atoms with van der Waals surface area (Å²) < 4.78 is 0. The number of benzene rings is 1. The molecule has 0 bridgehead atoms. The normalized spacial score (nSPS) is 12.8. The van der Waals surface area contributed by atoms with Gasteiger partial charge in [0.15, 0.2) is 0 Å². The molecule has 3 N–H and O–H groups in total. The van der Waals surface area contributed by atoms with Crippen LogP contribution in [0.3, 0.4) is 0 Å². The van der Waals surface area contributed by atoms with Gasteiger partial charge in [-0.15, -0.1) is 0 Å². The second-order valence-electron chi connectivity index (χ2n) is 3.42. The van der Waals surface area contributed by atoms with Gasteiger partial charge in [-0.3, -0.25) is 14.9 Å². The number of nitrogens with two attached hydrogens (primary N) is 1. The lowest BCUT2D eigenvalue weighted by atomic mass is 10.0.